The zero-order chi connectivity index (χ0) is 15.0. The average Bonchev–Trinajstić information content (AvgIpc) is 2.63. The molecule has 2 aromatic rings. The molecule has 0 spiro atoms. The zero-order valence-corrected chi connectivity index (χ0v) is 14.1. The smallest absolute Gasteiger partial charge is 0.244 e. The highest BCUT2D eigenvalue weighted by Crippen LogP contribution is 2.37. The molecule has 1 aromatic carbocycles. The lowest BCUT2D eigenvalue weighted by Gasteiger charge is -2.19. The summed E-state index contributed by atoms with van der Waals surface area (Å²) in [7, 11) is -3.47. The summed E-state index contributed by atoms with van der Waals surface area (Å²) in [5.74, 6) is 0. The van der Waals surface area contributed by atoms with E-state index in [1.165, 1.54) is 11.3 Å². The fourth-order valence-corrected chi connectivity index (χ4v) is 6.07. The van der Waals surface area contributed by atoms with E-state index in [4.69, 9.17) is 11.6 Å². The molecule has 1 aliphatic rings. The van der Waals surface area contributed by atoms with Crippen LogP contribution in [0.1, 0.15) is 11.3 Å². The van der Waals surface area contributed by atoms with Crippen LogP contribution in [0.15, 0.2) is 23.1 Å². The number of nitrogens with one attached hydrogen (secondary N) is 1. The number of nitrogens with zero attached hydrogens (tertiary/aromatic N) is 1. The standard InChI is InChI=1S/C14H17ClN2O2S2/c1-10-14(12-9-11(15)3-4-13(12)20-10)21(18,19)17-7-2-5-16-6-8-17/h3-4,9,16H,2,5-8H2,1H3. The highest BCUT2D eigenvalue weighted by Gasteiger charge is 2.29. The quantitative estimate of drug-likeness (QED) is 0.911. The van der Waals surface area contributed by atoms with E-state index >= 15 is 0 Å². The van der Waals surface area contributed by atoms with Gasteiger partial charge in [0.15, 0.2) is 0 Å². The van der Waals surface area contributed by atoms with Gasteiger partial charge in [0.25, 0.3) is 0 Å². The minimum absolute atomic E-state index is 0.423. The second-order valence-corrected chi connectivity index (χ2v) is 8.70. The molecule has 7 heteroatoms. The monoisotopic (exact) mass is 344 g/mol. The molecule has 0 saturated carbocycles. The molecule has 0 atom stereocenters. The highest BCUT2D eigenvalue weighted by molar-refractivity contribution is 7.89. The van der Waals surface area contributed by atoms with Gasteiger partial charge in [-0.2, -0.15) is 4.31 Å². The minimum atomic E-state index is -3.47. The van der Waals surface area contributed by atoms with Crippen LogP contribution in [0.2, 0.25) is 5.02 Å². The van der Waals surface area contributed by atoms with Gasteiger partial charge in [0.1, 0.15) is 4.90 Å². The molecule has 1 fully saturated rings. The lowest BCUT2D eigenvalue weighted by molar-refractivity contribution is 0.432. The third kappa shape index (κ3) is 2.83. The van der Waals surface area contributed by atoms with E-state index in [0.717, 1.165) is 27.9 Å². The Kier molecular flexibility index (Phi) is 4.25. The first kappa shape index (κ1) is 15.2. The van der Waals surface area contributed by atoms with Crippen molar-refractivity contribution in [3.8, 4) is 0 Å². The van der Waals surface area contributed by atoms with Crippen molar-refractivity contribution < 1.29 is 8.42 Å². The van der Waals surface area contributed by atoms with Crippen molar-refractivity contribution in [1.82, 2.24) is 9.62 Å². The van der Waals surface area contributed by atoms with Gasteiger partial charge in [0.05, 0.1) is 0 Å². The summed E-state index contributed by atoms with van der Waals surface area (Å²) in [6.07, 6.45) is 0.834. The lowest BCUT2D eigenvalue weighted by Crippen LogP contribution is -2.34. The molecule has 0 radical (unpaired) electrons. The van der Waals surface area contributed by atoms with Crippen LogP contribution in [0, 0.1) is 6.92 Å². The second kappa shape index (κ2) is 5.85. The van der Waals surface area contributed by atoms with Crippen LogP contribution in [-0.2, 0) is 10.0 Å². The van der Waals surface area contributed by atoms with Crippen LogP contribution in [0.3, 0.4) is 0 Å². The number of fused-ring (bicyclic) bond motifs is 1. The first-order chi connectivity index (χ1) is 10.00. The number of halogens is 1. The normalized spacial score (nSPS) is 18.0. The Balaban J connectivity index is 2.13. The Labute approximate surface area is 133 Å². The van der Waals surface area contributed by atoms with Crippen molar-refractivity contribution in [1.29, 1.82) is 0 Å². The van der Waals surface area contributed by atoms with E-state index in [2.05, 4.69) is 5.32 Å². The highest BCUT2D eigenvalue weighted by atomic mass is 35.5. The van der Waals surface area contributed by atoms with Gasteiger partial charge in [-0.15, -0.1) is 11.3 Å². The van der Waals surface area contributed by atoms with E-state index in [1.54, 1.807) is 16.4 Å². The van der Waals surface area contributed by atoms with Crippen molar-refractivity contribution in [3.05, 3.63) is 28.1 Å². The van der Waals surface area contributed by atoms with Gasteiger partial charge in [0, 0.05) is 39.6 Å². The topological polar surface area (TPSA) is 49.4 Å². The Morgan fingerprint density at radius 3 is 2.90 bits per heavy atom. The van der Waals surface area contributed by atoms with Crippen LogP contribution >= 0.6 is 22.9 Å². The van der Waals surface area contributed by atoms with Gasteiger partial charge in [-0.3, -0.25) is 0 Å². The summed E-state index contributed by atoms with van der Waals surface area (Å²) in [5, 5.41) is 4.53. The van der Waals surface area contributed by atoms with Gasteiger partial charge in [-0.1, -0.05) is 11.6 Å². The fourth-order valence-electron chi connectivity index (χ4n) is 2.68. The average molecular weight is 345 g/mol. The molecule has 21 heavy (non-hydrogen) atoms. The molecular weight excluding hydrogens is 328 g/mol. The van der Waals surface area contributed by atoms with Crippen molar-refractivity contribution in [2.75, 3.05) is 26.2 Å². The van der Waals surface area contributed by atoms with E-state index < -0.39 is 10.0 Å². The van der Waals surface area contributed by atoms with E-state index in [9.17, 15) is 8.42 Å². The molecule has 1 aromatic heterocycles. The Bertz CT molecular complexity index is 763. The summed E-state index contributed by atoms with van der Waals surface area (Å²) in [4.78, 5) is 1.25. The summed E-state index contributed by atoms with van der Waals surface area (Å²) >= 11 is 7.55. The number of sulfonamides is 1. The predicted molar refractivity (Wildman–Crippen MR) is 87.8 cm³/mol. The van der Waals surface area contributed by atoms with Crippen LogP contribution < -0.4 is 5.32 Å². The molecule has 0 aliphatic carbocycles. The van der Waals surface area contributed by atoms with Gasteiger partial charge < -0.3 is 5.32 Å². The summed E-state index contributed by atoms with van der Waals surface area (Å²) in [5.41, 5.74) is 0. The third-order valence-corrected chi connectivity index (χ3v) is 7.20. The largest absolute Gasteiger partial charge is 0.315 e. The van der Waals surface area contributed by atoms with Gasteiger partial charge in [-0.05, 0) is 38.1 Å². The number of benzene rings is 1. The minimum Gasteiger partial charge on any atom is -0.315 e. The molecule has 1 N–H and O–H groups in total. The summed E-state index contributed by atoms with van der Waals surface area (Å²) in [6, 6.07) is 5.44. The van der Waals surface area contributed by atoms with Gasteiger partial charge in [-0.25, -0.2) is 8.42 Å². The number of hydrogen-bond acceptors (Lipinski definition) is 4. The van der Waals surface area contributed by atoms with Crippen LogP contribution in [0.5, 0.6) is 0 Å². The summed E-state index contributed by atoms with van der Waals surface area (Å²) in [6.45, 7) is 4.50. The fraction of sp³-hybridized carbons (Fsp3) is 0.429. The van der Waals surface area contributed by atoms with Crippen molar-refractivity contribution in [2.45, 2.75) is 18.2 Å². The molecule has 0 unspecified atom stereocenters. The first-order valence-electron chi connectivity index (χ1n) is 6.89. The summed E-state index contributed by atoms with van der Waals surface area (Å²) < 4.78 is 28.6. The van der Waals surface area contributed by atoms with Crippen LogP contribution in [0.4, 0.5) is 0 Å². The Morgan fingerprint density at radius 1 is 1.29 bits per heavy atom. The molecule has 4 nitrogen and oxygen atoms in total. The third-order valence-electron chi connectivity index (χ3n) is 3.67. The van der Waals surface area contributed by atoms with Crippen LogP contribution in [-0.4, -0.2) is 38.9 Å². The second-order valence-electron chi connectivity index (χ2n) is 5.14. The molecule has 3 rings (SSSR count). The number of thiophene rings is 1. The number of aryl methyl sites for hydroxylation is 1. The SMILES string of the molecule is Cc1sc2ccc(Cl)cc2c1S(=O)(=O)N1CCCNCC1. The van der Waals surface area contributed by atoms with Crippen molar-refractivity contribution in [2.24, 2.45) is 0 Å². The molecule has 1 saturated heterocycles. The zero-order valence-electron chi connectivity index (χ0n) is 11.7. The van der Waals surface area contributed by atoms with E-state index in [-0.39, 0.29) is 0 Å². The maximum absolute atomic E-state index is 13.0. The van der Waals surface area contributed by atoms with Gasteiger partial charge in [0.2, 0.25) is 10.0 Å². The maximum atomic E-state index is 13.0. The van der Waals surface area contributed by atoms with E-state index in [0.29, 0.717) is 29.6 Å². The number of hydrogen-bond donors (Lipinski definition) is 1. The van der Waals surface area contributed by atoms with E-state index in [1.807, 2.05) is 13.0 Å². The Morgan fingerprint density at radius 2 is 2.10 bits per heavy atom. The van der Waals surface area contributed by atoms with Crippen molar-refractivity contribution >= 4 is 43.0 Å². The number of rotatable bonds is 2. The molecule has 0 bridgehead atoms. The van der Waals surface area contributed by atoms with Crippen LogP contribution in [0.25, 0.3) is 10.1 Å². The predicted octanol–water partition coefficient (Wildman–Crippen LogP) is 2.85. The lowest BCUT2D eigenvalue weighted by atomic mass is 10.2. The molecule has 114 valence electrons. The molecule has 1 aliphatic heterocycles. The first-order valence-corrected chi connectivity index (χ1v) is 9.53. The maximum Gasteiger partial charge on any atom is 0.244 e. The van der Waals surface area contributed by atoms with Crippen molar-refractivity contribution in [3.63, 3.8) is 0 Å². The molecular formula is C14H17ClN2O2S2. The molecule has 0 amide bonds. The molecule has 2 heterocycles. The van der Waals surface area contributed by atoms with Gasteiger partial charge >= 0.3 is 0 Å². The Hall–Kier alpha value is -0.660.